The molecule has 0 amide bonds. The van der Waals surface area contributed by atoms with Gasteiger partial charge in [0.15, 0.2) is 0 Å². The van der Waals surface area contributed by atoms with Gasteiger partial charge in [-0.1, -0.05) is 0 Å². The topological polar surface area (TPSA) is 43.8 Å². The van der Waals surface area contributed by atoms with Gasteiger partial charge in [-0.3, -0.25) is 0 Å². The summed E-state index contributed by atoms with van der Waals surface area (Å²) in [6, 6.07) is 0. The van der Waals surface area contributed by atoms with Crippen molar-refractivity contribution in [3.63, 3.8) is 0 Å². The Morgan fingerprint density at radius 1 is 1.46 bits per heavy atom. The van der Waals surface area contributed by atoms with Gasteiger partial charge in [0.1, 0.15) is 0 Å². The quantitative estimate of drug-likeness (QED) is 0.750. The lowest BCUT2D eigenvalue weighted by Gasteiger charge is -2.44. The van der Waals surface area contributed by atoms with Crippen molar-refractivity contribution in [2.45, 2.75) is 30.8 Å². The maximum atomic E-state index is 12.6. The van der Waals surface area contributed by atoms with Gasteiger partial charge in [-0.2, -0.15) is 0 Å². The summed E-state index contributed by atoms with van der Waals surface area (Å²) in [6.45, 7) is 0.419. The number of imidazole rings is 1. The van der Waals surface area contributed by atoms with Crippen LogP contribution in [-0.2, 0) is 6.54 Å². The third-order valence-corrected chi connectivity index (χ3v) is 2.28. The van der Waals surface area contributed by atoms with Crippen LogP contribution in [-0.4, -0.2) is 21.0 Å². The van der Waals surface area contributed by atoms with Gasteiger partial charge in [0, 0.05) is 37.3 Å². The normalized spacial score (nSPS) is 23.9. The van der Waals surface area contributed by atoms with E-state index in [2.05, 4.69) is 4.98 Å². The Morgan fingerprint density at radius 3 is 2.62 bits per heavy atom. The number of rotatable bonds is 2. The van der Waals surface area contributed by atoms with Crippen LogP contribution in [0.4, 0.5) is 8.78 Å². The highest BCUT2D eigenvalue weighted by atomic mass is 19.3. The van der Waals surface area contributed by atoms with E-state index in [0.717, 1.165) is 0 Å². The lowest BCUT2D eigenvalue weighted by molar-refractivity contribution is -0.126. The fourth-order valence-electron chi connectivity index (χ4n) is 1.83. The molecular weight excluding hydrogens is 176 g/mol. The van der Waals surface area contributed by atoms with Crippen LogP contribution >= 0.6 is 0 Å². The summed E-state index contributed by atoms with van der Waals surface area (Å²) in [6.07, 6.45) is 4.48. The Kier molecular flexibility index (Phi) is 1.66. The molecule has 1 saturated carbocycles. The number of nitrogens with zero attached hydrogens (tertiary/aromatic N) is 2. The fourth-order valence-corrected chi connectivity index (χ4v) is 1.83. The van der Waals surface area contributed by atoms with Gasteiger partial charge in [0.05, 0.1) is 6.33 Å². The SMILES string of the molecule is NC1(Cn2ccnc2)CC(F)(F)C1. The van der Waals surface area contributed by atoms with Crippen LogP contribution in [0.15, 0.2) is 18.7 Å². The van der Waals surface area contributed by atoms with E-state index >= 15 is 0 Å². The van der Waals surface area contributed by atoms with Crippen LogP contribution in [0, 0.1) is 0 Å². The smallest absolute Gasteiger partial charge is 0.251 e. The van der Waals surface area contributed by atoms with E-state index in [1.807, 2.05) is 0 Å². The molecule has 1 aliphatic rings. The molecule has 0 spiro atoms. The third kappa shape index (κ3) is 1.70. The lowest BCUT2D eigenvalue weighted by atomic mass is 9.74. The molecule has 1 fully saturated rings. The Morgan fingerprint density at radius 2 is 2.15 bits per heavy atom. The summed E-state index contributed by atoms with van der Waals surface area (Å²) in [4.78, 5) is 3.82. The van der Waals surface area contributed by atoms with Crippen molar-refractivity contribution in [1.82, 2.24) is 9.55 Å². The summed E-state index contributed by atoms with van der Waals surface area (Å²) in [5.41, 5.74) is 5.00. The molecule has 1 heterocycles. The second-order valence-electron chi connectivity index (χ2n) is 3.81. The van der Waals surface area contributed by atoms with E-state index in [-0.39, 0.29) is 12.8 Å². The second-order valence-corrected chi connectivity index (χ2v) is 3.81. The van der Waals surface area contributed by atoms with Crippen LogP contribution in [0.5, 0.6) is 0 Å². The maximum Gasteiger partial charge on any atom is 0.251 e. The van der Waals surface area contributed by atoms with Gasteiger partial charge in [-0.15, -0.1) is 0 Å². The number of aromatic nitrogens is 2. The van der Waals surface area contributed by atoms with E-state index in [1.54, 1.807) is 23.3 Å². The van der Waals surface area contributed by atoms with E-state index in [4.69, 9.17) is 5.73 Å². The molecule has 0 unspecified atom stereocenters. The lowest BCUT2D eigenvalue weighted by Crippen LogP contribution is -2.60. The molecule has 13 heavy (non-hydrogen) atoms. The molecule has 1 aromatic rings. The van der Waals surface area contributed by atoms with E-state index in [1.165, 1.54) is 0 Å². The van der Waals surface area contributed by atoms with Gasteiger partial charge in [0.25, 0.3) is 5.92 Å². The summed E-state index contributed by atoms with van der Waals surface area (Å²) in [7, 11) is 0. The van der Waals surface area contributed by atoms with Crippen molar-refractivity contribution in [3.8, 4) is 0 Å². The Labute approximate surface area is 74.6 Å². The van der Waals surface area contributed by atoms with E-state index < -0.39 is 11.5 Å². The third-order valence-electron chi connectivity index (χ3n) is 2.28. The van der Waals surface area contributed by atoms with Gasteiger partial charge in [0.2, 0.25) is 0 Å². The predicted molar refractivity (Wildman–Crippen MR) is 43.3 cm³/mol. The zero-order chi connectivity index (χ0) is 9.53. The fraction of sp³-hybridized carbons (Fsp3) is 0.625. The predicted octanol–water partition coefficient (Wildman–Crippen LogP) is 1.01. The van der Waals surface area contributed by atoms with E-state index in [9.17, 15) is 8.78 Å². The van der Waals surface area contributed by atoms with Crippen molar-refractivity contribution >= 4 is 0 Å². The summed E-state index contributed by atoms with van der Waals surface area (Å²) in [5.74, 6) is -2.56. The van der Waals surface area contributed by atoms with Gasteiger partial charge < -0.3 is 10.3 Å². The molecule has 2 N–H and O–H groups in total. The first-order chi connectivity index (χ1) is 5.99. The monoisotopic (exact) mass is 187 g/mol. The zero-order valence-electron chi connectivity index (χ0n) is 7.08. The van der Waals surface area contributed by atoms with Gasteiger partial charge >= 0.3 is 0 Å². The molecule has 0 bridgehead atoms. The molecule has 2 rings (SSSR count). The molecule has 72 valence electrons. The van der Waals surface area contributed by atoms with Crippen molar-refractivity contribution in [1.29, 1.82) is 0 Å². The van der Waals surface area contributed by atoms with Crippen molar-refractivity contribution in [2.75, 3.05) is 0 Å². The zero-order valence-corrected chi connectivity index (χ0v) is 7.08. The molecule has 0 radical (unpaired) electrons. The van der Waals surface area contributed by atoms with Crippen LogP contribution in [0.25, 0.3) is 0 Å². The molecule has 3 nitrogen and oxygen atoms in total. The Balaban J connectivity index is 1.97. The highest BCUT2D eigenvalue weighted by Gasteiger charge is 2.54. The minimum atomic E-state index is -2.56. The second kappa shape index (κ2) is 2.51. The van der Waals surface area contributed by atoms with E-state index in [0.29, 0.717) is 6.54 Å². The highest BCUT2D eigenvalue weighted by Crippen LogP contribution is 2.44. The minimum Gasteiger partial charge on any atom is -0.336 e. The average Bonchev–Trinajstić information content (AvgIpc) is 2.33. The number of hydrogen-bond acceptors (Lipinski definition) is 2. The molecule has 5 heteroatoms. The average molecular weight is 187 g/mol. The molecule has 0 aliphatic heterocycles. The standard InChI is InChI=1S/C8H11F2N3/c9-8(10)3-7(11,4-8)5-13-2-1-12-6-13/h1-2,6H,3-5,11H2. The summed E-state index contributed by atoms with van der Waals surface area (Å²) >= 11 is 0. The molecular formula is C8H11F2N3. The van der Waals surface area contributed by atoms with Crippen molar-refractivity contribution < 1.29 is 8.78 Å². The number of hydrogen-bond donors (Lipinski definition) is 1. The maximum absolute atomic E-state index is 12.6. The van der Waals surface area contributed by atoms with Crippen LogP contribution < -0.4 is 5.73 Å². The van der Waals surface area contributed by atoms with Gasteiger partial charge in [-0.05, 0) is 0 Å². The minimum absolute atomic E-state index is 0.224. The number of halogens is 2. The number of nitrogens with two attached hydrogens (primary N) is 1. The summed E-state index contributed by atoms with van der Waals surface area (Å²) in [5, 5.41) is 0. The first-order valence-corrected chi connectivity index (χ1v) is 4.12. The Hall–Kier alpha value is -0.970. The van der Waals surface area contributed by atoms with Gasteiger partial charge in [-0.25, -0.2) is 13.8 Å². The van der Waals surface area contributed by atoms with Crippen LogP contribution in [0.3, 0.4) is 0 Å². The summed E-state index contributed by atoms with van der Waals surface area (Å²) < 4.78 is 26.8. The first-order valence-electron chi connectivity index (χ1n) is 4.12. The molecule has 1 aromatic heterocycles. The molecule has 0 atom stereocenters. The first kappa shape index (κ1) is 8.62. The van der Waals surface area contributed by atoms with Crippen LogP contribution in [0.2, 0.25) is 0 Å². The van der Waals surface area contributed by atoms with Crippen molar-refractivity contribution in [3.05, 3.63) is 18.7 Å². The largest absolute Gasteiger partial charge is 0.336 e. The highest BCUT2D eigenvalue weighted by molar-refractivity contribution is 5.03. The van der Waals surface area contributed by atoms with Crippen LogP contribution in [0.1, 0.15) is 12.8 Å². The molecule has 0 aromatic carbocycles. The molecule has 1 aliphatic carbocycles. The Bertz CT molecular complexity index is 286. The van der Waals surface area contributed by atoms with Crippen molar-refractivity contribution in [2.24, 2.45) is 5.73 Å². The number of alkyl halides is 2. The molecule has 0 saturated heterocycles.